The molecule has 4 saturated carbocycles. The Morgan fingerprint density at radius 1 is 1.07 bits per heavy atom. The monoisotopic (exact) mass is 420 g/mol. The van der Waals surface area contributed by atoms with Gasteiger partial charge in [-0.25, -0.2) is 0 Å². The fraction of sp³-hybridized carbons (Fsp3) is 0.920. The molecule has 5 heteroatoms. The summed E-state index contributed by atoms with van der Waals surface area (Å²) in [7, 11) is 1.48. The van der Waals surface area contributed by atoms with Crippen LogP contribution in [0.25, 0.3) is 0 Å². The molecular formula is C25H40O5. The molecule has 0 radical (unpaired) electrons. The third kappa shape index (κ3) is 3.30. The summed E-state index contributed by atoms with van der Waals surface area (Å²) in [5.74, 6) is 1.82. The van der Waals surface area contributed by atoms with Crippen molar-refractivity contribution in [2.24, 2.45) is 46.3 Å². The van der Waals surface area contributed by atoms with E-state index >= 15 is 0 Å². The van der Waals surface area contributed by atoms with E-state index in [0.29, 0.717) is 23.7 Å². The Morgan fingerprint density at radius 3 is 2.47 bits per heavy atom. The van der Waals surface area contributed by atoms with Gasteiger partial charge in [-0.3, -0.25) is 9.59 Å². The van der Waals surface area contributed by atoms with Crippen LogP contribution in [0, 0.1) is 46.3 Å². The zero-order valence-corrected chi connectivity index (χ0v) is 19.4. The van der Waals surface area contributed by atoms with Gasteiger partial charge in [-0.1, -0.05) is 20.8 Å². The quantitative estimate of drug-likeness (QED) is 0.687. The molecular weight excluding hydrogens is 380 g/mol. The van der Waals surface area contributed by atoms with Crippen molar-refractivity contribution in [1.29, 1.82) is 0 Å². The van der Waals surface area contributed by atoms with Crippen LogP contribution in [-0.2, 0) is 19.1 Å². The Kier molecular flexibility index (Phi) is 5.74. The fourth-order valence-corrected chi connectivity index (χ4v) is 8.90. The molecule has 0 aromatic rings. The number of hydrogen-bond acceptors (Lipinski definition) is 5. The van der Waals surface area contributed by atoms with Crippen molar-refractivity contribution >= 4 is 11.9 Å². The zero-order valence-electron chi connectivity index (χ0n) is 19.4. The Morgan fingerprint density at radius 2 is 1.80 bits per heavy atom. The first-order valence-electron chi connectivity index (χ1n) is 12.0. The number of methoxy groups -OCH3 is 1. The maximum absolute atomic E-state index is 12.3. The van der Waals surface area contributed by atoms with Gasteiger partial charge in [0.25, 0.3) is 0 Å². The van der Waals surface area contributed by atoms with Crippen LogP contribution in [0.3, 0.4) is 0 Å². The van der Waals surface area contributed by atoms with Crippen LogP contribution >= 0.6 is 0 Å². The number of carbonyl (C=O) groups is 2. The molecule has 0 aliphatic heterocycles. The van der Waals surface area contributed by atoms with E-state index in [4.69, 9.17) is 9.47 Å². The number of aliphatic hydroxyl groups excluding tert-OH is 1. The van der Waals surface area contributed by atoms with Crippen molar-refractivity contribution in [3.05, 3.63) is 0 Å². The minimum Gasteiger partial charge on any atom is -0.469 e. The van der Waals surface area contributed by atoms with Crippen LogP contribution in [0.4, 0.5) is 0 Å². The van der Waals surface area contributed by atoms with E-state index in [2.05, 4.69) is 13.8 Å². The standard InChI is InChI=1S/C25H40O5/c1-14(23(28)29-5)19-8-9-20-18-7-6-16-12-17(30-15(2)26)10-11-24(16,3)22(18)21(27)13-25(19,20)4/h14,16-22,27H,6-13H2,1-5H3/t14-,16+,17-,18+,19-,20+,21-,22-,24+,25-/m1/s1. The lowest BCUT2D eigenvalue weighted by Gasteiger charge is -2.62. The van der Waals surface area contributed by atoms with E-state index in [0.717, 1.165) is 51.4 Å². The summed E-state index contributed by atoms with van der Waals surface area (Å²) < 4.78 is 10.6. The minimum absolute atomic E-state index is 0.00628. The SMILES string of the molecule is COC(=O)[C@H](C)[C@H]1CC[C@H]2[C@@H]3CC[C@H]4C[C@H](OC(C)=O)CC[C@]4(C)[C@H]3[C@H](O)C[C@]12C. The fourth-order valence-electron chi connectivity index (χ4n) is 8.90. The number of carbonyl (C=O) groups excluding carboxylic acids is 2. The van der Waals surface area contributed by atoms with E-state index in [1.54, 1.807) is 0 Å². The summed E-state index contributed by atoms with van der Waals surface area (Å²) in [5.41, 5.74) is 0.124. The van der Waals surface area contributed by atoms with Gasteiger partial charge in [0.15, 0.2) is 0 Å². The Hall–Kier alpha value is -1.10. The van der Waals surface area contributed by atoms with E-state index in [9.17, 15) is 14.7 Å². The summed E-state index contributed by atoms with van der Waals surface area (Å²) in [5, 5.41) is 11.5. The van der Waals surface area contributed by atoms with Gasteiger partial charge in [0.2, 0.25) is 0 Å². The third-order valence-electron chi connectivity index (χ3n) is 10.1. The summed E-state index contributed by atoms with van der Waals surface area (Å²) >= 11 is 0. The first-order valence-corrected chi connectivity index (χ1v) is 12.0. The summed E-state index contributed by atoms with van der Waals surface area (Å²) in [6.07, 6.45) is 7.91. The average Bonchev–Trinajstić information content (AvgIpc) is 3.02. The van der Waals surface area contributed by atoms with Gasteiger partial charge in [-0.15, -0.1) is 0 Å². The number of hydrogen-bond donors (Lipinski definition) is 1. The van der Waals surface area contributed by atoms with Crippen LogP contribution in [0.1, 0.15) is 79.1 Å². The normalized spacial score (nSPS) is 48.7. The number of fused-ring (bicyclic) bond motifs is 5. The summed E-state index contributed by atoms with van der Waals surface area (Å²) in [6.45, 7) is 8.24. The molecule has 0 amide bonds. The molecule has 0 aromatic heterocycles. The zero-order chi connectivity index (χ0) is 21.8. The molecule has 1 N–H and O–H groups in total. The lowest BCUT2D eigenvalue weighted by atomic mass is 9.43. The van der Waals surface area contributed by atoms with E-state index in [1.165, 1.54) is 14.0 Å². The van der Waals surface area contributed by atoms with Crippen molar-refractivity contribution in [1.82, 2.24) is 0 Å². The van der Waals surface area contributed by atoms with Crippen LogP contribution in [0.15, 0.2) is 0 Å². The van der Waals surface area contributed by atoms with Gasteiger partial charge in [-0.2, -0.15) is 0 Å². The van der Waals surface area contributed by atoms with E-state index < -0.39 is 0 Å². The molecule has 0 aromatic carbocycles. The second-order valence-electron chi connectivity index (χ2n) is 11.4. The largest absolute Gasteiger partial charge is 0.469 e. The van der Waals surface area contributed by atoms with E-state index in [-0.39, 0.29) is 46.8 Å². The van der Waals surface area contributed by atoms with Gasteiger partial charge in [0.1, 0.15) is 6.10 Å². The lowest BCUT2D eigenvalue weighted by molar-refractivity contribution is -0.187. The number of rotatable bonds is 3. The van der Waals surface area contributed by atoms with Gasteiger partial charge in [-0.05, 0) is 91.8 Å². The highest BCUT2D eigenvalue weighted by atomic mass is 16.5. The second kappa shape index (κ2) is 7.79. The Balaban J connectivity index is 1.56. The highest BCUT2D eigenvalue weighted by Gasteiger charge is 2.64. The highest BCUT2D eigenvalue weighted by Crippen LogP contribution is 2.68. The number of esters is 2. The molecule has 0 bridgehead atoms. The van der Waals surface area contributed by atoms with E-state index in [1.807, 2.05) is 6.92 Å². The molecule has 0 unspecified atom stereocenters. The van der Waals surface area contributed by atoms with Gasteiger partial charge >= 0.3 is 11.9 Å². The molecule has 30 heavy (non-hydrogen) atoms. The molecule has 10 atom stereocenters. The molecule has 5 nitrogen and oxygen atoms in total. The van der Waals surface area contributed by atoms with Crippen molar-refractivity contribution in [3.8, 4) is 0 Å². The van der Waals surface area contributed by atoms with Gasteiger partial charge in [0, 0.05) is 6.92 Å². The molecule has 0 heterocycles. The minimum atomic E-state index is -0.320. The maximum atomic E-state index is 12.3. The van der Waals surface area contributed by atoms with Crippen molar-refractivity contribution in [2.45, 2.75) is 91.3 Å². The topological polar surface area (TPSA) is 72.8 Å². The number of ether oxygens (including phenoxy) is 2. The average molecular weight is 421 g/mol. The first-order chi connectivity index (χ1) is 14.1. The summed E-state index contributed by atoms with van der Waals surface area (Å²) in [4.78, 5) is 23.8. The maximum Gasteiger partial charge on any atom is 0.308 e. The van der Waals surface area contributed by atoms with Gasteiger partial charge in [0.05, 0.1) is 19.1 Å². The van der Waals surface area contributed by atoms with Gasteiger partial charge < -0.3 is 14.6 Å². The Bertz CT molecular complexity index is 691. The molecule has 4 aliphatic carbocycles. The van der Waals surface area contributed by atoms with Crippen LogP contribution in [0.5, 0.6) is 0 Å². The molecule has 4 aliphatic rings. The van der Waals surface area contributed by atoms with Crippen LogP contribution < -0.4 is 0 Å². The Labute approximate surface area is 181 Å². The lowest BCUT2D eigenvalue weighted by Crippen LogP contribution is -2.59. The summed E-state index contributed by atoms with van der Waals surface area (Å²) in [6, 6.07) is 0. The second-order valence-corrected chi connectivity index (χ2v) is 11.4. The number of aliphatic hydroxyl groups is 1. The molecule has 170 valence electrons. The van der Waals surface area contributed by atoms with Crippen LogP contribution in [-0.4, -0.2) is 36.4 Å². The molecule has 4 rings (SSSR count). The molecule has 4 fully saturated rings. The smallest absolute Gasteiger partial charge is 0.308 e. The predicted octanol–water partition coefficient (Wildman–Crippen LogP) is 4.36. The molecule has 0 saturated heterocycles. The van der Waals surface area contributed by atoms with Crippen molar-refractivity contribution < 1.29 is 24.2 Å². The predicted molar refractivity (Wildman–Crippen MR) is 113 cm³/mol. The third-order valence-corrected chi connectivity index (χ3v) is 10.1. The van der Waals surface area contributed by atoms with Crippen LogP contribution in [0.2, 0.25) is 0 Å². The van der Waals surface area contributed by atoms with Crippen molar-refractivity contribution in [2.75, 3.05) is 7.11 Å². The first kappa shape index (κ1) is 22.1. The van der Waals surface area contributed by atoms with Crippen molar-refractivity contribution in [3.63, 3.8) is 0 Å². The highest BCUT2D eigenvalue weighted by molar-refractivity contribution is 5.72. The molecule has 0 spiro atoms.